The molecule has 0 spiro atoms. The number of aryl methyl sites for hydroxylation is 1. The Bertz CT molecular complexity index is 659. The maximum atomic E-state index is 11.8. The lowest BCUT2D eigenvalue weighted by atomic mass is 10.2. The predicted octanol–water partition coefficient (Wildman–Crippen LogP) is 2.41. The van der Waals surface area contributed by atoms with Crippen molar-refractivity contribution < 1.29 is 9.59 Å². The predicted molar refractivity (Wildman–Crippen MR) is 81.4 cm³/mol. The Labute approximate surface area is 127 Å². The SMILES string of the molecule is Cc1ccc(NC(=O)CNC(=O)c2cccnc2)cc1Cl. The number of anilines is 1. The van der Waals surface area contributed by atoms with Gasteiger partial charge in [0.2, 0.25) is 5.91 Å². The molecule has 2 aromatic rings. The van der Waals surface area contributed by atoms with Gasteiger partial charge in [0.05, 0.1) is 12.1 Å². The summed E-state index contributed by atoms with van der Waals surface area (Å²) in [6.45, 7) is 1.75. The molecule has 1 aromatic carbocycles. The van der Waals surface area contributed by atoms with Gasteiger partial charge in [-0.05, 0) is 36.8 Å². The zero-order valence-corrected chi connectivity index (χ0v) is 12.1. The van der Waals surface area contributed by atoms with E-state index >= 15 is 0 Å². The number of halogens is 1. The summed E-state index contributed by atoms with van der Waals surface area (Å²) in [4.78, 5) is 27.4. The Balaban J connectivity index is 1.87. The molecule has 0 bridgehead atoms. The fourth-order valence-corrected chi connectivity index (χ4v) is 1.82. The van der Waals surface area contributed by atoms with Crippen molar-refractivity contribution in [2.75, 3.05) is 11.9 Å². The number of rotatable bonds is 4. The summed E-state index contributed by atoms with van der Waals surface area (Å²) in [7, 11) is 0. The molecule has 1 heterocycles. The molecule has 0 atom stereocenters. The van der Waals surface area contributed by atoms with E-state index in [-0.39, 0.29) is 18.4 Å². The highest BCUT2D eigenvalue weighted by atomic mass is 35.5. The first-order valence-corrected chi connectivity index (χ1v) is 6.68. The summed E-state index contributed by atoms with van der Waals surface area (Å²) in [5.74, 6) is -0.674. The molecule has 0 radical (unpaired) electrons. The van der Waals surface area contributed by atoms with E-state index in [1.54, 1.807) is 30.5 Å². The van der Waals surface area contributed by atoms with Crippen LogP contribution in [0.4, 0.5) is 5.69 Å². The largest absolute Gasteiger partial charge is 0.343 e. The molecule has 0 aliphatic rings. The summed E-state index contributed by atoms with van der Waals surface area (Å²) >= 11 is 5.98. The number of carbonyl (C=O) groups excluding carboxylic acids is 2. The van der Waals surface area contributed by atoms with Gasteiger partial charge >= 0.3 is 0 Å². The Morgan fingerprint density at radius 3 is 2.76 bits per heavy atom. The second-order valence-electron chi connectivity index (χ2n) is 4.44. The summed E-state index contributed by atoms with van der Waals surface area (Å²) < 4.78 is 0. The zero-order valence-electron chi connectivity index (χ0n) is 11.4. The smallest absolute Gasteiger partial charge is 0.253 e. The van der Waals surface area contributed by atoms with E-state index in [2.05, 4.69) is 15.6 Å². The van der Waals surface area contributed by atoms with Gasteiger partial charge in [0, 0.05) is 23.1 Å². The average molecular weight is 304 g/mol. The Kier molecular flexibility index (Phi) is 4.90. The van der Waals surface area contributed by atoms with Crippen LogP contribution in [0.3, 0.4) is 0 Å². The number of aromatic nitrogens is 1. The molecule has 21 heavy (non-hydrogen) atoms. The topological polar surface area (TPSA) is 71.1 Å². The van der Waals surface area contributed by atoms with Crippen LogP contribution in [-0.2, 0) is 4.79 Å². The molecule has 0 aliphatic carbocycles. The molecule has 0 saturated carbocycles. The second-order valence-corrected chi connectivity index (χ2v) is 4.84. The molecule has 0 fully saturated rings. The maximum Gasteiger partial charge on any atom is 0.253 e. The summed E-state index contributed by atoms with van der Waals surface area (Å²) in [6.07, 6.45) is 3.01. The average Bonchev–Trinajstić information content (AvgIpc) is 2.49. The van der Waals surface area contributed by atoms with Crippen LogP contribution in [0.5, 0.6) is 0 Å². The number of amides is 2. The van der Waals surface area contributed by atoms with E-state index in [1.165, 1.54) is 6.20 Å². The number of pyridine rings is 1. The van der Waals surface area contributed by atoms with Crippen LogP contribution in [0, 0.1) is 6.92 Å². The Morgan fingerprint density at radius 1 is 1.29 bits per heavy atom. The fraction of sp³-hybridized carbons (Fsp3) is 0.133. The van der Waals surface area contributed by atoms with Crippen LogP contribution in [0.2, 0.25) is 5.02 Å². The minimum atomic E-state index is -0.347. The summed E-state index contributed by atoms with van der Waals surface area (Å²) in [5.41, 5.74) is 1.93. The summed E-state index contributed by atoms with van der Waals surface area (Å²) in [6, 6.07) is 8.51. The van der Waals surface area contributed by atoms with Crippen LogP contribution in [-0.4, -0.2) is 23.3 Å². The van der Waals surface area contributed by atoms with Gasteiger partial charge in [0.1, 0.15) is 0 Å². The van der Waals surface area contributed by atoms with Gasteiger partial charge in [-0.15, -0.1) is 0 Å². The van der Waals surface area contributed by atoms with E-state index in [0.717, 1.165) is 5.56 Å². The molecular formula is C15H14ClN3O2. The standard InChI is InChI=1S/C15H14ClN3O2/c1-10-4-5-12(7-13(10)16)19-14(20)9-18-15(21)11-3-2-6-17-8-11/h2-8H,9H2,1H3,(H,18,21)(H,19,20). The van der Waals surface area contributed by atoms with Gasteiger partial charge in [-0.2, -0.15) is 0 Å². The molecule has 0 unspecified atom stereocenters. The maximum absolute atomic E-state index is 11.8. The normalized spacial score (nSPS) is 10.0. The van der Waals surface area contributed by atoms with E-state index in [0.29, 0.717) is 16.3 Å². The number of carbonyl (C=O) groups is 2. The minimum absolute atomic E-state index is 0.126. The molecule has 6 heteroatoms. The molecular weight excluding hydrogens is 290 g/mol. The molecule has 2 N–H and O–H groups in total. The van der Waals surface area contributed by atoms with Crippen molar-refractivity contribution in [3.8, 4) is 0 Å². The van der Waals surface area contributed by atoms with Gasteiger partial charge < -0.3 is 10.6 Å². The lowest BCUT2D eigenvalue weighted by Gasteiger charge is -2.08. The van der Waals surface area contributed by atoms with Gasteiger partial charge in [0.25, 0.3) is 5.91 Å². The van der Waals surface area contributed by atoms with E-state index < -0.39 is 0 Å². The molecule has 5 nitrogen and oxygen atoms in total. The van der Waals surface area contributed by atoms with E-state index in [1.807, 2.05) is 13.0 Å². The van der Waals surface area contributed by atoms with Crippen LogP contribution >= 0.6 is 11.6 Å². The number of nitrogens with one attached hydrogen (secondary N) is 2. The number of nitrogens with zero attached hydrogens (tertiary/aromatic N) is 1. The molecule has 2 rings (SSSR count). The van der Waals surface area contributed by atoms with Gasteiger partial charge in [-0.25, -0.2) is 0 Å². The Morgan fingerprint density at radius 2 is 2.10 bits per heavy atom. The van der Waals surface area contributed by atoms with Crippen molar-refractivity contribution in [2.24, 2.45) is 0 Å². The molecule has 108 valence electrons. The lowest BCUT2D eigenvalue weighted by Crippen LogP contribution is -2.32. The van der Waals surface area contributed by atoms with Gasteiger partial charge in [-0.3, -0.25) is 14.6 Å². The molecule has 1 aromatic heterocycles. The third-order valence-electron chi connectivity index (χ3n) is 2.79. The van der Waals surface area contributed by atoms with Gasteiger partial charge in [-0.1, -0.05) is 17.7 Å². The highest BCUT2D eigenvalue weighted by Crippen LogP contribution is 2.19. The van der Waals surface area contributed by atoms with E-state index in [9.17, 15) is 9.59 Å². The molecule has 2 amide bonds. The first kappa shape index (κ1) is 15.0. The monoisotopic (exact) mass is 303 g/mol. The zero-order chi connectivity index (χ0) is 15.2. The minimum Gasteiger partial charge on any atom is -0.343 e. The second kappa shape index (κ2) is 6.85. The van der Waals surface area contributed by atoms with Crippen molar-refractivity contribution in [1.82, 2.24) is 10.3 Å². The fourth-order valence-electron chi connectivity index (χ4n) is 1.64. The third kappa shape index (κ3) is 4.29. The number of hydrogen-bond donors (Lipinski definition) is 2. The van der Waals surface area contributed by atoms with Crippen LogP contribution < -0.4 is 10.6 Å². The highest BCUT2D eigenvalue weighted by molar-refractivity contribution is 6.31. The number of benzene rings is 1. The third-order valence-corrected chi connectivity index (χ3v) is 3.20. The number of hydrogen-bond acceptors (Lipinski definition) is 3. The van der Waals surface area contributed by atoms with Crippen molar-refractivity contribution >= 4 is 29.1 Å². The van der Waals surface area contributed by atoms with Crippen LogP contribution in [0.15, 0.2) is 42.7 Å². The van der Waals surface area contributed by atoms with Crippen molar-refractivity contribution in [2.45, 2.75) is 6.92 Å². The lowest BCUT2D eigenvalue weighted by molar-refractivity contribution is -0.115. The van der Waals surface area contributed by atoms with Crippen molar-refractivity contribution in [3.05, 3.63) is 58.9 Å². The van der Waals surface area contributed by atoms with Gasteiger partial charge in [0.15, 0.2) is 0 Å². The van der Waals surface area contributed by atoms with Crippen molar-refractivity contribution in [1.29, 1.82) is 0 Å². The molecule has 0 aliphatic heterocycles. The Hall–Kier alpha value is -2.40. The van der Waals surface area contributed by atoms with Crippen LogP contribution in [0.25, 0.3) is 0 Å². The van der Waals surface area contributed by atoms with Crippen LogP contribution in [0.1, 0.15) is 15.9 Å². The molecule has 0 saturated heterocycles. The highest BCUT2D eigenvalue weighted by Gasteiger charge is 2.08. The first-order chi connectivity index (χ1) is 10.1. The summed E-state index contributed by atoms with van der Waals surface area (Å²) in [5, 5.41) is 5.76. The van der Waals surface area contributed by atoms with E-state index in [4.69, 9.17) is 11.6 Å². The van der Waals surface area contributed by atoms with Crippen molar-refractivity contribution in [3.63, 3.8) is 0 Å². The first-order valence-electron chi connectivity index (χ1n) is 6.30. The quantitative estimate of drug-likeness (QED) is 0.911.